The molecule has 15 N–H and O–H groups in total. The number of rotatable bonds is 0. The third-order valence-corrected chi connectivity index (χ3v) is 0. The molecule has 20 heavy (non-hydrogen) atoms. The Balaban J connectivity index is 0. The van der Waals surface area contributed by atoms with Crippen LogP contribution in [0.1, 0.15) is 0 Å². The molecule has 0 aliphatic heterocycles. The van der Waals surface area contributed by atoms with Gasteiger partial charge in [0.1, 0.15) is 0 Å². The molecular weight excluding hydrogens is 375 g/mol. The second kappa shape index (κ2) is 1990. The molecule has 0 heterocycles. The fourth-order valence-corrected chi connectivity index (χ4v) is 0. The van der Waals surface area contributed by atoms with Crippen molar-refractivity contribution in [2.45, 2.75) is 0 Å². The van der Waals surface area contributed by atoms with E-state index < -0.39 is 0 Å². The van der Waals surface area contributed by atoms with Crippen LogP contribution in [0.15, 0.2) is 0 Å². The molecule has 0 aromatic carbocycles. The predicted octanol–water partition coefficient (Wildman–Crippen LogP) is -4.56. The van der Waals surface area contributed by atoms with Crippen molar-refractivity contribution in [2.24, 2.45) is 0 Å². The van der Waals surface area contributed by atoms with Crippen molar-refractivity contribution in [1.29, 1.82) is 0 Å². The SMILES string of the molecule is [Al+3].[Al+3].[Al+3].[Al+3].[Al+3].[OH-].[OH-].[OH-].[OH-].[OH-].[OH-].[OH-].[OH-].[OH-].[OH-].[OH-].[OH-].[OH-].[OH-].[OH-]. The van der Waals surface area contributed by atoms with E-state index in [2.05, 4.69) is 0 Å². The van der Waals surface area contributed by atoms with Crippen LogP contribution in [0.5, 0.6) is 0 Å². The molecule has 0 aromatic heterocycles. The third-order valence-electron chi connectivity index (χ3n) is 0. The molecule has 0 atom stereocenters. The minimum absolute atomic E-state index is 0. The summed E-state index contributed by atoms with van der Waals surface area (Å²) in [6, 6.07) is 0. The third kappa shape index (κ3) is 1710. The molecule has 0 radical (unpaired) electrons. The van der Waals surface area contributed by atoms with Crippen LogP contribution in [0.3, 0.4) is 0 Å². The average Bonchev–Trinajstić information content (AvgIpc) is 0. The fraction of sp³-hybridized carbons (Fsp3) is 0. The Kier molecular flexibility index (Phi) is 229000. The fourth-order valence-electron chi connectivity index (χ4n) is 0. The normalized spacial score (nSPS) is 0. The number of hydrogen-bond donors (Lipinski definition) is 0. The second-order valence-corrected chi connectivity index (χ2v) is 0. The summed E-state index contributed by atoms with van der Waals surface area (Å²) < 4.78 is 0. The molecule has 0 amide bonds. The van der Waals surface area contributed by atoms with Crippen LogP contribution in [0, 0.1) is 0 Å². The van der Waals surface area contributed by atoms with Crippen LogP contribution in [0.2, 0.25) is 0 Å². The van der Waals surface area contributed by atoms with Gasteiger partial charge in [0.05, 0.1) is 0 Å². The summed E-state index contributed by atoms with van der Waals surface area (Å²) in [6.45, 7) is 0. The van der Waals surface area contributed by atoms with Crippen molar-refractivity contribution >= 4 is 86.8 Å². The molecule has 20 heteroatoms. The van der Waals surface area contributed by atoms with Crippen molar-refractivity contribution in [3.63, 3.8) is 0 Å². The van der Waals surface area contributed by atoms with E-state index in [1.807, 2.05) is 0 Å². The zero-order valence-electron chi connectivity index (χ0n) is 9.59. The molecule has 0 spiro atoms. The first-order valence-electron chi connectivity index (χ1n) is 0. The van der Waals surface area contributed by atoms with E-state index in [4.69, 9.17) is 0 Å². The van der Waals surface area contributed by atoms with E-state index in [1.54, 1.807) is 0 Å². The molecule has 120 valence electrons. The molecule has 15 nitrogen and oxygen atoms in total. The van der Waals surface area contributed by atoms with Gasteiger partial charge in [-0.25, -0.2) is 0 Å². The quantitative estimate of drug-likeness (QED) is 0.351. The van der Waals surface area contributed by atoms with Gasteiger partial charge in [0.25, 0.3) is 0 Å². The summed E-state index contributed by atoms with van der Waals surface area (Å²) in [6.07, 6.45) is 0. The van der Waals surface area contributed by atoms with E-state index in [-0.39, 0.29) is 169 Å². The van der Waals surface area contributed by atoms with Crippen LogP contribution in [0.4, 0.5) is 0 Å². The van der Waals surface area contributed by atoms with E-state index in [9.17, 15) is 0 Å². The van der Waals surface area contributed by atoms with Crippen molar-refractivity contribution < 1.29 is 82.1 Å². The maximum Gasteiger partial charge on any atom is 3.00 e. The van der Waals surface area contributed by atoms with Gasteiger partial charge >= 0.3 is 86.8 Å². The van der Waals surface area contributed by atoms with Crippen LogP contribution < -0.4 is 0 Å². The maximum atomic E-state index is 0. The molecule has 0 aliphatic carbocycles. The van der Waals surface area contributed by atoms with Crippen LogP contribution in [-0.4, -0.2) is 169 Å². The second-order valence-electron chi connectivity index (χ2n) is 0. The van der Waals surface area contributed by atoms with Crippen molar-refractivity contribution in [3.05, 3.63) is 0 Å². The van der Waals surface area contributed by atoms with Crippen molar-refractivity contribution in [3.8, 4) is 0 Å². The van der Waals surface area contributed by atoms with Crippen LogP contribution in [-0.2, 0) is 0 Å². The van der Waals surface area contributed by atoms with Crippen LogP contribution in [0.25, 0.3) is 0 Å². The molecule has 0 unspecified atom stereocenters. The molecule has 0 rings (SSSR count). The van der Waals surface area contributed by atoms with E-state index in [1.165, 1.54) is 0 Å². The molecule has 0 saturated carbocycles. The molecule has 0 aliphatic rings. The summed E-state index contributed by atoms with van der Waals surface area (Å²) in [7, 11) is 0. The monoisotopic (exact) mass is 390 g/mol. The minimum Gasteiger partial charge on any atom is -0.870 e. The van der Waals surface area contributed by atoms with Gasteiger partial charge in [-0.3, -0.25) is 0 Å². The Hall–Kier alpha value is 2.06. The van der Waals surface area contributed by atoms with Gasteiger partial charge < -0.3 is 82.1 Å². The summed E-state index contributed by atoms with van der Waals surface area (Å²) in [4.78, 5) is 0. The van der Waals surface area contributed by atoms with Crippen LogP contribution >= 0.6 is 0 Å². The summed E-state index contributed by atoms with van der Waals surface area (Å²) in [5.41, 5.74) is 0. The Morgan fingerprint density at radius 1 is 0.100 bits per heavy atom. The summed E-state index contributed by atoms with van der Waals surface area (Å²) in [5, 5.41) is 0. The van der Waals surface area contributed by atoms with Gasteiger partial charge in [0, 0.05) is 0 Å². The Bertz CT molecular complexity index is 16.2. The van der Waals surface area contributed by atoms with Crippen molar-refractivity contribution in [1.82, 2.24) is 0 Å². The molecule has 0 fully saturated rings. The molecule has 0 bridgehead atoms. The van der Waals surface area contributed by atoms with Gasteiger partial charge in [-0.1, -0.05) is 0 Å². The predicted molar refractivity (Wildman–Crippen MR) is 57.8 cm³/mol. The zero-order chi connectivity index (χ0) is 0. The Labute approximate surface area is 168 Å². The van der Waals surface area contributed by atoms with E-state index in [0.29, 0.717) is 0 Å². The largest absolute Gasteiger partial charge is 3.00 e. The summed E-state index contributed by atoms with van der Waals surface area (Å²) >= 11 is 0. The maximum absolute atomic E-state index is 0. The first kappa shape index (κ1) is 2300. The molecule has 0 aromatic rings. The zero-order valence-corrected chi connectivity index (χ0v) is 15.4. The van der Waals surface area contributed by atoms with Gasteiger partial charge in [-0.05, 0) is 0 Å². The Morgan fingerprint density at radius 2 is 0.100 bits per heavy atom. The van der Waals surface area contributed by atoms with Gasteiger partial charge in [0.15, 0.2) is 0 Å². The van der Waals surface area contributed by atoms with Gasteiger partial charge in [-0.15, -0.1) is 0 Å². The van der Waals surface area contributed by atoms with E-state index >= 15 is 0 Å². The number of hydrogen-bond acceptors (Lipinski definition) is 15. The average molecular weight is 390 g/mol. The molecule has 0 saturated heterocycles. The molecular formula is H15Al5O15. The van der Waals surface area contributed by atoms with E-state index in [0.717, 1.165) is 0 Å². The minimum atomic E-state index is 0. The van der Waals surface area contributed by atoms with Crippen molar-refractivity contribution in [2.75, 3.05) is 0 Å². The van der Waals surface area contributed by atoms with Gasteiger partial charge in [0.2, 0.25) is 0 Å². The van der Waals surface area contributed by atoms with Gasteiger partial charge in [-0.2, -0.15) is 0 Å². The topological polar surface area (TPSA) is 450 Å². The standard InChI is InChI=1S/5Al.15H2O/h;;;;;15*1H2/q5*+3;;;;;;;;;;;;;;;/p-15. The smallest absolute Gasteiger partial charge is 0.870 e. The summed E-state index contributed by atoms with van der Waals surface area (Å²) in [5.74, 6) is 0. The first-order valence-corrected chi connectivity index (χ1v) is 0. The Morgan fingerprint density at radius 3 is 0.100 bits per heavy atom. The first-order chi connectivity index (χ1) is 0.